The Bertz CT molecular complexity index is 139. The maximum absolute atomic E-state index is 5.52. The second-order valence-corrected chi connectivity index (χ2v) is 3.94. The van der Waals surface area contributed by atoms with E-state index in [9.17, 15) is 0 Å². The van der Waals surface area contributed by atoms with Crippen molar-refractivity contribution in [2.45, 2.75) is 25.4 Å². The summed E-state index contributed by atoms with van der Waals surface area (Å²) in [6.07, 6.45) is 4.08. The van der Waals surface area contributed by atoms with Gasteiger partial charge in [-0.15, -0.1) is 0 Å². The van der Waals surface area contributed by atoms with E-state index in [2.05, 4.69) is 10.6 Å². The Balaban J connectivity index is 1.73. The molecule has 1 heterocycles. The SMILES string of the molecule is COCCNCCCNC[C@@H]1CCCO1. The second-order valence-electron chi connectivity index (χ2n) is 3.94. The molecule has 1 saturated heterocycles. The van der Waals surface area contributed by atoms with Crippen LogP contribution in [-0.2, 0) is 9.47 Å². The van der Waals surface area contributed by atoms with E-state index in [4.69, 9.17) is 9.47 Å². The Kier molecular flexibility index (Phi) is 7.83. The molecule has 1 atom stereocenters. The molecule has 1 aliphatic rings. The van der Waals surface area contributed by atoms with E-state index in [0.717, 1.165) is 45.8 Å². The van der Waals surface area contributed by atoms with Gasteiger partial charge in [0.25, 0.3) is 0 Å². The number of nitrogens with one attached hydrogen (secondary N) is 2. The molecule has 4 heteroatoms. The zero-order valence-corrected chi connectivity index (χ0v) is 9.76. The molecule has 4 nitrogen and oxygen atoms in total. The Morgan fingerprint density at radius 2 is 2.13 bits per heavy atom. The predicted molar refractivity (Wildman–Crippen MR) is 61.2 cm³/mol. The van der Waals surface area contributed by atoms with Gasteiger partial charge in [-0.25, -0.2) is 0 Å². The summed E-state index contributed by atoms with van der Waals surface area (Å²) in [7, 11) is 1.73. The molecule has 15 heavy (non-hydrogen) atoms. The summed E-state index contributed by atoms with van der Waals surface area (Å²) in [6, 6.07) is 0. The Hall–Kier alpha value is -0.160. The van der Waals surface area contributed by atoms with Gasteiger partial charge in [0, 0.05) is 26.8 Å². The molecule has 1 aliphatic heterocycles. The van der Waals surface area contributed by atoms with Crippen molar-refractivity contribution in [1.29, 1.82) is 0 Å². The fraction of sp³-hybridized carbons (Fsp3) is 1.00. The molecule has 0 aromatic rings. The van der Waals surface area contributed by atoms with Crippen molar-refractivity contribution in [2.24, 2.45) is 0 Å². The minimum absolute atomic E-state index is 0.464. The van der Waals surface area contributed by atoms with Crippen LogP contribution in [-0.4, -0.2) is 52.6 Å². The zero-order valence-electron chi connectivity index (χ0n) is 9.76. The van der Waals surface area contributed by atoms with Crippen LogP contribution in [0.4, 0.5) is 0 Å². The summed E-state index contributed by atoms with van der Waals surface area (Å²) in [6.45, 7) is 5.83. The molecule has 0 aromatic carbocycles. The highest BCUT2D eigenvalue weighted by molar-refractivity contribution is 4.67. The Morgan fingerprint density at radius 1 is 1.27 bits per heavy atom. The highest BCUT2D eigenvalue weighted by atomic mass is 16.5. The van der Waals surface area contributed by atoms with Gasteiger partial charge >= 0.3 is 0 Å². The third-order valence-electron chi connectivity index (χ3n) is 2.59. The van der Waals surface area contributed by atoms with Gasteiger partial charge in [0.2, 0.25) is 0 Å². The van der Waals surface area contributed by atoms with Gasteiger partial charge in [-0.3, -0.25) is 0 Å². The first-order valence-electron chi connectivity index (χ1n) is 5.95. The molecule has 0 amide bonds. The number of hydrogen-bond donors (Lipinski definition) is 2. The predicted octanol–water partition coefficient (Wildman–Crippen LogP) is 0.381. The minimum atomic E-state index is 0.464. The van der Waals surface area contributed by atoms with Crippen molar-refractivity contribution < 1.29 is 9.47 Å². The highest BCUT2D eigenvalue weighted by Crippen LogP contribution is 2.10. The van der Waals surface area contributed by atoms with Crippen LogP contribution in [0.15, 0.2) is 0 Å². The standard InChI is InChI=1S/C11H24N2O2/c1-14-9-7-12-5-3-6-13-10-11-4-2-8-15-11/h11-13H,2-10H2,1H3/t11-/m0/s1. The molecule has 0 bridgehead atoms. The van der Waals surface area contributed by atoms with Crippen LogP contribution in [0.25, 0.3) is 0 Å². The smallest absolute Gasteiger partial charge is 0.0700 e. The number of ether oxygens (including phenoxy) is 2. The molecule has 0 radical (unpaired) electrons. The summed E-state index contributed by atoms with van der Waals surface area (Å²) in [5.74, 6) is 0. The van der Waals surface area contributed by atoms with E-state index in [1.165, 1.54) is 12.8 Å². The molecule has 0 unspecified atom stereocenters. The van der Waals surface area contributed by atoms with Crippen molar-refractivity contribution in [3.63, 3.8) is 0 Å². The lowest BCUT2D eigenvalue weighted by Crippen LogP contribution is -2.29. The average molecular weight is 216 g/mol. The van der Waals surface area contributed by atoms with Crippen LogP contribution in [0.1, 0.15) is 19.3 Å². The van der Waals surface area contributed by atoms with Gasteiger partial charge in [-0.1, -0.05) is 0 Å². The van der Waals surface area contributed by atoms with Crippen molar-refractivity contribution in [3.8, 4) is 0 Å². The van der Waals surface area contributed by atoms with Crippen molar-refractivity contribution in [3.05, 3.63) is 0 Å². The van der Waals surface area contributed by atoms with Gasteiger partial charge in [0.1, 0.15) is 0 Å². The molecule has 1 rings (SSSR count). The summed E-state index contributed by atoms with van der Waals surface area (Å²) in [5.41, 5.74) is 0. The number of methoxy groups -OCH3 is 1. The third-order valence-corrected chi connectivity index (χ3v) is 2.59. The first-order chi connectivity index (χ1) is 7.43. The van der Waals surface area contributed by atoms with Crippen LogP contribution in [0.3, 0.4) is 0 Å². The summed E-state index contributed by atoms with van der Waals surface area (Å²) < 4.78 is 10.5. The molecular formula is C11H24N2O2. The maximum atomic E-state index is 5.52. The van der Waals surface area contributed by atoms with Gasteiger partial charge in [0.05, 0.1) is 12.7 Å². The van der Waals surface area contributed by atoms with Crippen LogP contribution < -0.4 is 10.6 Å². The lowest BCUT2D eigenvalue weighted by atomic mass is 10.2. The van der Waals surface area contributed by atoms with Crippen molar-refractivity contribution in [1.82, 2.24) is 10.6 Å². The van der Waals surface area contributed by atoms with Crippen LogP contribution >= 0.6 is 0 Å². The molecule has 0 aliphatic carbocycles. The lowest BCUT2D eigenvalue weighted by Gasteiger charge is -2.10. The molecule has 0 aromatic heterocycles. The van der Waals surface area contributed by atoms with E-state index in [1.54, 1.807) is 7.11 Å². The molecular weight excluding hydrogens is 192 g/mol. The van der Waals surface area contributed by atoms with Gasteiger partial charge < -0.3 is 20.1 Å². The first-order valence-corrected chi connectivity index (χ1v) is 5.95. The minimum Gasteiger partial charge on any atom is -0.383 e. The molecule has 90 valence electrons. The van der Waals surface area contributed by atoms with Gasteiger partial charge in [0.15, 0.2) is 0 Å². The average Bonchev–Trinajstić information content (AvgIpc) is 2.75. The zero-order chi connectivity index (χ0) is 10.8. The quantitative estimate of drug-likeness (QED) is 0.547. The number of hydrogen-bond acceptors (Lipinski definition) is 4. The Morgan fingerprint density at radius 3 is 2.87 bits per heavy atom. The third kappa shape index (κ3) is 6.84. The molecule has 0 spiro atoms. The van der Waals surface area contributed by atoms with Crippen LogP contribution in [0.2, 0.25) is 0 Å². The molecule has 1 fully saturated rings. The number of rotatable bonds is 9. The van der Waals surface area contributed by atoms with Crippen LogP contribution in [0, 0.1) is 0 Å². The summed E-state index contributed by atoms with van der Waals surface area (Å²) >= 11 is 0. The van der Waals surface area contributed by atoms with Crippen molar-refractivity contribution in [2.75, 3.05) is 46.5 Å². The molecule has 2 N–H and O–H groups in total. The summed E-state index contributed by atoms with van der Waals surface area (Å²) in [5, 5.41) is 6.74. The largest absolute Gasteiger partial charge is 0.383 e. The lowest BCUT2D eigenvalue weighted by molar-refractivity contribution is 0.110. The monoisotopic (exact) mass is 216 g/mol. The van der Waals surface area contributed by atoms with Crippen molar-refractivity contribution >= 4 is 0 Å². The maximum Gasteiger partial charge on any atom is 0.0700 e. The van der Waals surface area contributed by atoms with E-state index in [0.29, 0.717) is 6.10 Å². The fourth-order valence-electron chi connectivity index (χ4n) is 1.71. The fourth-order valence-corrected chi connectivity index (χ4v) is 1.71. The van der Waals surface area contributed by atoms with E-state index in [-0.39, 0.29) is 0 Å². The topological polar surface area (TPSA) is 42.5 Å². The summed E-state index contributed by atoms with van der Waals surface area (Å²) in [4.78, 5) is 0. The molecule has 0 saturated carbocycles. The first kappa shape index (κ1) is 12.9. The van der Waals surface area contributed by atoms with Gasteiger partial charge in [-0.2, -0.15) is 0 Å². The second kappa shape index (κ2) is 9.09. The normalized spacial score (nSPS) is 21.0. The van der Waals surface area contributed by atoms with E-state index in [1.807, 2.05) is 0 Å². The highest BCUT2D eigenvalue weighted by Gasteiger charge is 2.13. The van der Waals surface area contributed by atoms with E-state index < -0.39 is 0 Å². The Labute approximate surface area is 92.7 Å². The van der Waals surface area contributed by atoms with Gasteiger partial charge in [-0.05, 0) is 32.4 Å². The van der Waals surface area contributed by atoms with Crippen LogP contribution in [0.5, 0.6) is 0 Å². The van der Waals surface area contributed by atoms with E-state index >= 15 is 0 Å².